The van der Waals surface area contributed by atoms with Crippen molar-refractivity contribution in [1.82, 2.24) is 15.6 Å². The van der Waals surface area contributed by atoms with Crippen LogP contribution in [0, 0.1) is 0 Å². The Morgan fingerprint density at radius 3 is 3.21 bits per heavy atom. The van der Waals surface area contributed by atoms with Gasteiger partial charge < -0.3 is 10.6 Å². The lowest BCUT2D eigenvalue weighted by Crippen LogP contribution is -2.42. The summed E-state index contributed by atoms with van der Waals surface area (Å²) >= 11 is 1.72. The van der Waals surface area contributed by atoms with Crippen LogP contribution in [0.3, 0.4) is 0 Å². The summed E-state index contributed by atoms with van der Waals surface area (Å²) < 4.78 is 0. The summed E-state index contributed by atoms with van der Waals surface area (Å²) in [5.41, 5.74) is 1.89. The third kappa shape index (κ3) is 3.53. The van der Waals surface area contributed by atoms with Gasteiger partial charge in [-0.15, -0.1) is 23.7 Å². The highest BCUT2D eigenvalue weighted by Gasteiger charge is 2.11. The summed E-state index contributed by atoms with van der Waals surface area (Å²) in [5, 5.41) is 6.92. The number of nitrogens with zero attached hydrogens (tertiary/aromatic N) is 1. The van der Waals surface area contributed by atoms with Gasteiger partial charge in [-0.25, -0.2) is 0 Å². The third-order valence-electron chi connectivity index (χ3n) is 2.35. The van der Waals surface area contributed by atoms with Crippen molar-refractivity contribution in [3.05, 3.63) is 16.6 Å². The van der Waals surface area contributed by atoms with E-state index in [0.717, 1.165) is 13.1 Å². The summed E-state index contributed by atoms with van der Waals surface area (Å²) in [4.78, 5) is 5.37. The third-order valence-corrected chi connectivity index (χ3v) is 3.12. The summed E-state index contributed by atoms with van der Waals surface area (Å²) in [7, 11) is 0. The number of aromatic nitrogens is 1. The van der Waals surface area contributed by atoms with Crippen LogP contribution in [0.15, 0.2) is 11.7 Å². The average molecular weight is 234 g/mol. The molecule has 1 atom stereocenters. The first-order valence-electron chi connectivity index (χ1n) is 4.76. The maximum Gasteiger partial charge on any atom is 0.0794 e. The lowest BCUT2D eigenvalue weighted by molar-refractivity contribution is 0.390. The fourth-order valence-corrected chi connectivity index (χ4v) is 2.15. The van der Waals surface area contributed by atoms with E-state index in [1.807, 2.05) is 11.7 Å². The van der Waals surface area contributed by atoms with Crippen LogP contribution in [0.4, 0.5) is 0 Å². The van der Waals surface area contributed by atoms with Crippen molar-refractivity contribution < 1.29 is 0 Å². The summed E-state index contributed by atoms with van der Waals surface area (Å²) in [6.07, 6.45) is 4.53. The van der Waals surface area contributed by atoms with Gasteiger partial charge in [-0.1, -0.05) is 0 Å². The second-order valence-corrected chi connectivity index (χ2v) is 4.36. The first-order chi connectivity index (χ1) is 6.45. The highest BCUT2D eigenvalue weighted by molar-refractivity contribution is 7.09. The van der Waals surface area contributed by atoms with E-state index in [9.17, 15) is 0 Å². The maximum atomic E-state index is 4.05. The molecule has 80 valence electrons. The van der Waals surface area contributed by atoms with E-state index in [4.69, 9.17) is 0 Å². The topological polar surface area (TPSA) is 37.0 Å². The maximum absolute atomic E-state index is 4.05. The van der Waals surface area contributed by atoms with Crippen LogP contribution in [-0.2, 0) is 6.54 Å². The minimum absolute atomic E-state index is 0. The van der Waals surface area contributed by atoms with Crippen LogP contribution >= 0.6 is 23.7 Å². The van der Waals surface area contributed by atoms with E-state index in [-0.39, 0.29) is 12.4 Å². The van der Waals surface area contributed by atoms with Crippen LogP contribution in [-0.4, -0.2) is 24.1 Å². The Bertz CT molecular complexity index is 234. The summed E-state index contributed by atoms with van der Waals surface area (Å²) in [6, 6.07) is 0.649. The molecule has 2 N–H and O–H groups in total. The summed E-state index contributed by atoms with van der Waals surface area (Å²) in [6.45, 7) is 3.26. The number of hydrogen-bond donors (Lipinski definition) is 2. The van der Waals surface area contributed by atoms with Crippen LogP contribution < -0.4 is 10.6 Å². The number of nitrogens with one attached hydrogen (secondary N) is 2. The van der Waals surface area contributed by atoms with Gasteiger partial charge >= 0.3 is 0 Å². The first kappa shape index (κ1) is 11.9. The van der Waals surface area contributed by atoms with E-state index in [2.05, 4.69) is 15.6 Å². The van der Waals surface area contributed by atoms with E-state index in [0.29, 0.717) is 6.04 Å². The molecule has 3 nitrogen and oxygen atoms in total. The SMILES string of the molecule is Cl.c1ncc(CN[C@H]2CCCNC2)s1. The Kier molecular flexibility index (Phi) is 5.40. The number of halogens is 1. The van der Waals surface area contributed by atoms with Gasteiger partial charge in [0.25, 0.3) is 0 Å². The van der Waals surface area contributed by atoms with E-state index >= 15 is 0 Å². The van der Waals surface area contributed by atoms with Crippen molar-refractivity contribution >= 4 is 23.7 Å². The van der Waals surface area contributed by atoms with E-state index in [1.54, 1.807) is 11.3 Å². The molecule has 1 aromatic rings. The predicted molar refractivity (Wildman–Crippen MR) is 62.1 cm³/mol. The minimum Gasteiger partial charge on any atom is -0.315 e. The van der Waals surface area contributed by atoms with Crippen molar-refractivity contribution in [2.45, 2.75) is 25.4 Å². The molecular formula is C9H16ClN3S. The monoisotopic (exact) mass is 233 g/mol. The molecule has 1 fully saturated rings. The fraction of sp³-hybridized carbons (Fsp3) is 0.667. The van der Waals surface area contributed by atoms with Crippen LogP contribution in [0.1, 0.15) is 17.7 Å². The molecule has 0 bridgehead atoms. The zero-order chi connectivity index (χ0) is 8.93. The molecule has 2 heterocycles. The molecule has 2 rings (SSSR count). The minimum atomic E-state index is 0. The number of rotatable bonds is 3. The van der Waals surface area contributed by atoms with Crippen molar-refractivity contribution in [3.63, 3.8) is 0 Å². The Morgan fingerprint density at radius 1 is 1.64 bits per heavy atom. The average Bonchev–Trinajstić information content (AvgIpc) is 2.69. The normalized spacial score (nSPS) is 21.6. The zero-order valence-electron chi connectivity index (χ0n) is 8.03. The molecule has 1 saturated heterocycles. The molecule has 1 aliphatic rings. The second-order valence-electron chi connectivity index (χ2n) is 3.39. The zero-order valence-corrected chi connectivity index (χ0v) is 9.66. The molecule has 0 radical (unpaired) electrons. The van der Waals surface area contributed by atoms with Crippen molar-refractivity contribution in [1.29, 1.82) is 0 Å². The smallest absolute Gasteiger partial charge is 0.0794 e. The number of hydrogen-bond acceptors (Lipinski definition) is 4. The molecule has 0 unspecified atom stereocenters. The lowest BCUT2D eigenvalue weighted by Gasteiger charge is -2.23. The largest absolute Gasteiger partial charge is 0.315 e. The number of thiazole rings is 1. The quantitative estimate of drug-likeness (QED) is 0.829. The van der Waals surface area contributed by atoms with Crippen molar-refractivity contribution in [2.24, 2.45) is 0 Å². The van der Waals surface area contributed by atoms with E-state index < -0.39 is 0 Å². The van der Waals surface area contributed by atoms with Gasteiger partial charge in [-0.05, 0) is 19.4 Å². The number of piperidine rings is 1. The molecule has 0 aromatic carbocycles. The van der Waals surface area contributed by atoms with Gasteiger partial charge in [0.1, 0.15) is 0 Å². The Balaban J connectivity index is 0.000000980. The van der Waals surface area contributed by atoms with Crippen molar-refractivity contribution in [2.75, 3.05) is 13.1 Å². The lowest BCUT2D eigenvalue weighted by atomic mass is 10.1. The molecule has 1 aromatic heterocycles. The van der Waals surface area contributed by atoms with Crippen LogP contribution in [0.5, 0.6) is 0 Å². The molecule has 1 aliphatic heterocycles. The Morgan fingerprint density at radius 2 is 2.57 bits per heavy atom. The highest BCUT2D eigenvalue weighted by Crippen LogP contribution is 2.07. The molecule has 0 saturated carbocycles. The standard InChI is InChI=1S/C9H15N3S.ClH/c1-2-8(4-10-3-1)12-6-9-5-11-7-13-9;/h5,7-8,10,12H,1-4,6H2;1H/t8-;/m0./s1. The first-order valence-corrected chi connectivity index (χ1v) is 5.64. The van der Waals surface area contributed by atoms with Crippen LogP contribution in [0.2, 0.25) is 0 Å². The van der Waals surface area contributed by atoms with Gasteiger partial charge in [0.05, 0.1) is 5.51 Å². The van der Waals surface area contributed by atoms with Gasteiger partial charge in [0.2, 0.25) is 0 Å². The van der Waals surface area contributed by atoms with Gasteiger partial charge in [-0.2, -0.15) is 0 Å². The summed E-state index contributed by atoms with van der Waals surface area (Å²) in [5.74, 6) is 0. The molecule has 14 heavy (non-hydrogen) atoms. The second kappa shape index (κ2) is 6.35. The highest BCUT2D eigenvalue weighted by atomic mass is 35.5. The molecule has 0 aliphatic carbocycles. The fourth-order valence-electron chi connectivity index (χ4n) is 1.60. The van der Waals surface area contributed by atoms with E-state index in [1.165, 1.54) is 24.3 Å². The molecule has 0 amide bonds. The van der Waals surface area contributed by atoms with Gasteiger partial charge in [0, 0.05) is 30.2 Å². The van der Waals surface area contributed by atoms with Crippen molar-refractivity contribution in [3.8, 4) is 0 Å². The van der Waals surface area contributed by atoms with Gasteiger partial charge in [-0.3, -0.25) is 4.98 Å². The Hall–Kier alpha value is -0.160. The Labute approximate surface area is 94.7 Å². The molecular weight excluding hydrogens is 218 g/mol. The van der Waals surface area contributed by atoms with Gasteiger partial charge in [0.15, 0.2) is 0 Å². The predicted octanol–water partition coefficient (Wildman–Crippen LogP) is 1.41. The molecule has 5 heteroatoms. The molecule has 0 spiro atoms. The van der Waals surface area contributed by atoms with Crippen LogP contribution in [0.25, 0.3) is 0 Å².